The summed E-state index contributed by atoms with van der Waals surface area (Å²) >= 11 is 0. The normalized spacial score (nSPS) is 15.8. The average Bonchev–Trinajstić information content (AvgIpc) is 3.29. The van der Waals surface area contributed by atoms with Crippen LogP contribution < -0.4 is 15.4 Å². The Labute approximate surface area is 201 Å². The molecule has 1 fully saturated rings. The summed E-state index contributed by atoms with van der Waals surface area (Å²) in [5.74, 6) is 0.292. The van der Waals surface area contributed by atoms with Crippen LogP contribution >= 0.6 is 0 Å². The van der Waals surface area contributed by atoms with E-state index in [0.29, 0.717) is 44.8 Å². The summed E-state index contributed by atoms with van der Waals surface area (Å²) < 4.78 is 40.3. The summed E-state index contributed by atoms with van der Waals surface area (Å²) in [5.41, 5.74) is 1.38. The van der Waals surface area contributed by atoms with Crippen molar-refractivity contribution in [3.63, 3.8) is 0 Å². The van der Waals surface area contributed by atoms with E-state index in [9.17, 15) is 13.2 Å². The third-order valence-electron chi connectivity index (χ3n) is 6.36. The molecule has 1 aliphatic rings. The first-order chi connectivity index (χ1) is 16.0. The van der Waals surface area contributed by atoms with Crippen molar-refractivity contribution >= 4 is 21.6 Å². The molecule has 2 N–H and O–H groups in total. The smallest absolute Gasteiger partial charge is 0.247 e. The van der Waals surface area contributed by atoms with E-state index in [2.05, 4.69) is 15.8 Å². The van der Waals surface area contributed by atoms with E-state index in [1.165, 1.54) is 13.8 Å². The molecule has 3 rings (SSSR count). The standard InChI is InChI=1S/C24H35N3O6S/c1-23(2,16-25-15-17-6-8-18(31-5)9-7-17)20-14-21(33-27-20)26-22(28)24(3,4)34(29,30)19-10-12-32-13-11-19/h6-9,14,19,25H,10-13,15-16H2,1-5H3,(H,26,28). The number of hydrogen-bond donors (Lipinski definition) is 2. The number of rotatable bonds is 10. The van der Waals surface area contributed by atoms with Gasteiger partial charge in [-0.25, -0.2) is 8.42 Å². The molecule has 1 saturated heterocycles. The number of methoxy groups -OCH3 is 1. The summed E-state index contributed by atoms with van der Waals surface area (Å²) in [6.45, 7) is 8.93. The van der Waals surface area contributed by atoms with Crippen LogP contribution in [0, 0.1) is 0 Å². The minimum absolute atomic E-state index is 0.124. The fourth-order valence-electron chi connectivity index (χ4n) is 3.80. The highest BCUT2D eigenvalue weighted by Crippen LogP contribution is 2.30. The number of ether oxygens (including phenoxy) is 2. The van der Waals surface area contributed by atoms with Gasteiger partial charge in [-0.3, -0.25) is 10.1 Å². The van der Waals surface area contributed by atoms with Crippen molar-refractivity contribution < 1.29 is 27.2 Å². The molecule has 10 heteroatoms. The summed E-state index contributed by atoms with van der Waals surface area (Å²) in [5, 5.41) is 9.53. The second-order valence-corrected chi connectivity index (χ2v) is 12.5. The third kappa shape index (κ3) is 5.79. The maximum atomic E-state index is 13.1. The second kappa shape index (κ2) is 10.5. The van der Waals surface area contributed by atoms with E-state index in [1.807, 2.05) is 38.1 Å². The minimum atomic E-state index is -3.72. The molecule has 0 radical (unpaired) electrons. The highest BCUT2D eigenvalue weighted by Gasteiger charge is 2.47. The number of benzene rings is 1. The van der Waals surface area contributed by atoms with Crippen molar-refractivity contribution in [1.29, 1.82) is 0 Å². The highest BCUT2D eigenvalue weighted by molar-refractivity contribution is 7.94. The molecule has 2 heterocycles. The van der Waals surface area contributed by atoms with Gasteiger partial charge in [-0.05, 0) is 44.4 Å². The lowest BCUT2D eigenvalue weighted by Crippen LogP contribution is -2.50. The molecule has 2 aromatic rings. The molecule has 1 aliphatic heterocycles. The van der Waals surface area contributed by atoms with Crippen LogP contribution in [0.2, 0.25) is 0 Å². The number of nitrogens with zero attached hydrogens (tertiary/aromatic N) is 1. The summed E-state index contributed by atoms with van der Waals surface area (Å²) in [7, 11) is -2.08. The predicted molar refractivity (Wildman–Crippen MR) is 130 cm³/mol. The van der Waals surface area contributed by atoms with Crippen molar-refractivity contribution in [2.24, 2.45) is 0 Å². The monoisotopic (exact) mass is 493 g/mol. The van der Waals surface area contributed by atoms with E-state index in [4.69, 9.17) is 14.0 Å². The number of anilines is 1. The maximum Gasteiger partial charge on any atom is 0.247 e. The summed E-state index contributed by atoms with van der Waals surface area (Å²) in [6, 6.07) is 9.47. The van der Waals surface area contributed by atoms with E-state index in [1.54, 1.807) is 13.2 Å². The van der Waals surface area contributed by atoms with Gasteiger partial charge in [0.05, 0.1) is 18.1 Å². The van der Waals surface area contributed by atoms with Crippen LogP contribution in [0.4, 0.5) is 5.88 Å². The molecule has 1 aromatic heterocycles. The number of amides is 1. The lowest BCUT2D eigenvalue weighted by atomic mass is 9.89. The van der Waals surface area contributed by atoms with Crippen LogP contribution in [0.1, 0.15) is 51.8 Å². The molecule has 188 valence electrons. The summed E-state index contributed by atoms with van der Waals surface area (Å²) in [4.78, 5) is 12.9. The topological polar surface area (TPSA) is 120 Å². The zero-order valence-electron chi connectivity index (χ0n) is 20.5. The van der Waals surface area contributed by atoms with Crippen LogP contribution in [0.5, 0.6) is 5.75 Å². The van der Waals surface area contributed by atoms with Gasteiger partial charge in [-0.15, -0.1) is 0 Å². The molecule has 0 saturated carbocycles. The molecule has 34 heavy (non-hydrogen) atoms. The Bertz CT molecular complexity index is 1070. The van der Waals surface area contributed by atoms with Crippen molar-refractivity contribution in [2.75, 3.05) is 32.2 Å². The molecular weight excluding hydrogens is 458 g/mol. The first-order valence-electron chi connectivity index (χ1n) is 11.4. The average molecular weight is 494 g/mol. The second-order valence-electron chi connectivity index (χ2n) is 9.73. The van der Waals surface area contributed by atoms with Gasteiger partial charge in [-0.2, -0.15) is 0 Å². The molecule has 0 unspecified atom stereocenters. The van der Waals surface area contributed by atoms with Crippen molar-refractivity contribution in [3.8, 4) is 5.75 Å². The Morgan fingerprint density at radius 2 is 1.79 bits per heavy atom. The Morgan fingerprint density at radius 1 is 1.15 bits per heavy atom. The Kier molecular flexibility index (Phi) is 8.05. The number of sulfone groups is 1. The first-order valence-corrected chi connectivity index (χ1v) is 13.0. The predicted octanol–water partition coefficient (Wildman–Crippen LogP) is 3.06. The largest absolute Gasteiger partial charge is 0.497 e. The number of aromatic nitrogens is 1. The fourth-order valence-corrected chi connectivity index (χ4v) is 5.76. The first kappa shape index (κ1) is 26.2. The highest BCUT2D eigenvalue weighted by atomic mass is 32.2. The molecule has 0 spiro atoms. The third-order valence-corrected chi connectivity index (χ3v) is 9.32. The molecule has 1 amide bonds. The molecule has 0 aliphatic carbocycles. The number of nitrogens with one attached hydrogen (secondary N) is 2. The Morgan fingerprint density at radius 3 is 2.41 bits per heavy atom. The van der Waals surface area contributed by atoms with Crippen LogP contribution in [0.25, 0.3) is 0 Å². The van der Waals surface area contributed by atoms with Gasteiger partial charge in [0.1, 0.15) is 10.5 Å². The molecule has 0 bridgehead atoms. The maximum absolute atomic E-state index is 13.1. The van der Waals surface area contributed by atoms with E-state index in [0.717, 1.165) is 11.3 Å². The zero-order chi connectivity index (χ0) is 25.0. The van der Waals surface area contributed by atoms with Gasteiger partial charge in [0.15, 0.2) is 9.84 Å². The number of carbonyl (C=O) groups excluding carboxylic acids is 1. The Balaban J connectivity index is 1.60. The molecule has 0 atom stereocenters. The van der Waals surface area contributed by atoms with Gasteiger partial charge in [0.2, 0.25) is 11.8 Å². The summed E-state index contributed by atoms with van der Waals surface area (Å²) in [6.07, 6.45) is 0.784. The molecule has 1 aromatic carbocycles. The van der Waals surface area contributed by atoms with Crippen LogP contribution in [-0.4, -0.2) is 56.3 Å². The molecule has 9 nitrogen and oxygen atoms in total. The van der Waals surface area contributed by atoms with Crippen molar-refractivity contribution in [3.05, 3.63) is 41.6 Å². The lowest BCUT2D eigenvalue weighted by Gasteiger charge is -2.30. The lowest BCUT2D eigenvalue weighted by molar-refractivity contribution is -0.118. The zero-order valence-corrected chi connectivity index (χ0v) is 21.3. The van der Waals surface area contributed by atoms with Gasteiger partial charge in [0, 0.05) is 37.8 Å². The van der Waals surface area contributed by atoms with E-state index in [-0.39, 0.29) is 11.3 Å². The minimum Gasteiger partial charge on any atom is -0.497 e. The number of hydrogen-bond acceptors (Lipinski definition) is 8. The van der Waals surface area contributed by atoms with Crippen molar-refractivity contribution in [1.82, 2.24) is 10.5 Å². The fraction of sp³-hybridized carbons (Fsp3) is 0.583. The quantitative estimate of drug-likeness (QED) is 0.518. The van der Waals surface area contributed by atoms with Crippen LogP contribution in [0.3, 0.4) is 0 Å². The van der Waals surface area contributed by atoms with Gasteiger partial charge in [-0.1, -0.05) is 31.1 Å². The van der Waals surface area contributed by atoms with Gasteiger partial charge < -0.3 is 19.3 Å². The van der Waals surface area contributed by atoms with Gasteiger partial charge in [0.25, 0.3) is 0 Å². The van der Waals surface area contributed by atoms with Crippen LogP contribution in [-0.2, 0) is 31.3 Å². The van der Waals surface area contributed by atoms with Gasteiger partial charge >= 0.3 is 0 Å². The molecular formula is C24H35N3O6S. The Hall–Kier alpha value is -2.43. The van der Waals surface area contributed by atoms with Crippen LogP contribution in [0.15, 0.2) is 34.9 Å². The van der Waals surface area contributed by atoms with Crippen molar-refractivity contribution in [2.45, 2.75) is 62.5 Å². The van der Waals surface area contributed by atoms with E-state index >= 15 is 0 Å². The SMILES string of the molecule is COc1ccc(CNCC(C)(C)c2cc(NC(=O)C(C)(C)S(=O)(=O)C3CCOCC3)on2)cc1. The van der Waals surface area contributed by atoms with E-state index < -0.39 is 25.7 Å². The number of carbonyl (C=O) groups is 1.